The van der Waals surface area contributed by atoms with E-state index >= 15 is 0 Å². The number of piperazine rings is 1. The Morgan fingerprint density at radius 2 is 1.93 bits per heavy atom. The van der Waals surface area contributed by atoms with Gasteiger partial charge in [-0.3, -0.25) is 4.98 Å². The Kier molecular flexibility index (Phi) is 4.36. The van der Waals surface area contributed by atoms with Crippen molar-refractivity contribution in [1.29, 1.82) is 0 Å². The van der Waals surface area contributed by atoms with Crippen LogP contribution in [-0.2, 0) is 10.0 Å². The van der Waals surface area contributed by atoms with Gasteiger partial charge in [0.05, 0.1) is 29.4 Å². The average Bonchev–Trinajstić information content (AvgIpc) is 3.07. The molecule has 0 aliphatic carbocycles. The zero-order valence-corrected chi connectivity index (χ0v) is 15.4. The van der Waals surface area contributed by atoms with Gasteiger partial charge in [-0.1, -0.05) is 0 Å². The third kappa shape index (κ3) is 3.28. The van der Waals surface area contributed by atoms with E-state index in [0.717, 1.165) is 5.69 Å². The molecule has 9 nitrogen and oxygen atoms in total. The van der Waals surface area contributed by atoms with Crippen LogP contribution in [0.3, 0.4) is 0 Å². The predicted octanol–water partition coefficient (Wildman–Crippen LogP) is 1.04. The maximum absolute atomic E-state index is 12.9. The van der Waals surface area contributed by atoms with Gasteiger partial charge in [0.15, 0.2) is 5.58 Å². The molecule has 0 saturated carbocycles. The standard InChI is InChI=1S/C17H18N4O5S/c1-25-16-5-2-12(11-18-16)20-6-8-21(9-7-20)27(23,24)13-3-4-14-15(10-13)26-17(22)19-14/h2-5,10-11H,6-9H2,1H3,(H,19,22). The molecule has 1 aromatic carbocycles. The number of rotatable bonds is 4. The molecule has 0 atom stereocenters. The molecule has 1 N–H and O–H groups in total. The number of oxazole rings is 1. The summed E-state index contributed by atoms with van der Waals surface area (Å²) in [5.41, 5.74) is 1.61. The summed E-state index contributed by atoms with van der Waals surface area (Å²) in [7, 11) is -2.11. The Morgan fingerprint density at radius 3 is 2.59 bits per heavy atom. The summed E-state index contributed by atoms with van der Waals surface area (Å²) >= 11 is 0. The minimum Gasteiger partial charge on any atom is -0.481 e. The van der Waals surface area contributed by atoms with Gasteiger partial charge in [-0.15, -0.1) is 0 Å². The van der Waals surface area contributed by atoms with Gasteiger partial charge in [0, 0.05) is 38.3 Å². The number of methoxy groups -OCH3 is 1. The van der Waals surface area contributed by atoms with Crippen LogP contribution < -0.4 is 15.4 Å². The average molecular weight is 390 g/mol. The monoisotopic (exact) mass is 390 g/mol. The van der Waals surface area contributed by atoms with E-state index in [1.165, 1.54) is 22.5 Å². The summed E-state index contributed by atoms with van der Waals surface area (Å²) in [5, 5.41) is 0. The van der Waals surface area contributed by atoms with Crippen molar-refractivity contribution >= 4 is 26.8 Å². The maximum Gasteiger partial charge on any atom is 0.417 e. The largest absolute Gasteiger partial charge is 0.481 e. The van der Waals surface area contributed by atoms with Gasteiger partial charge in [0.2, 0.25) is 15.9 Å². The van der Waals surface area contributed by atoms with Crippen molar-refractivity contribution < 1.29 is 17.6 Å². The van der Waals surface area contributed by atoms with E-state index in [9.17, 15) is 13.2 Å². The summed E-state index contributed by atoms with van der Waals surface area (Å²) < 4.78 is 37.3. The molecular weight excluding hydrogens is 372 g/mol. The zero-order chi connectivity index (χ0) is 19.0. The van der Waals surface area contributed by atoms with Crippen LogP contribution in [0.1, 0.15) is 0 Å². The molecule has 0 bridgehead atoms. The molecular formula is C17H18N4O5S. The molecule has 10 heteroatoms. The highest BCUT2D eigenvalue weighted by molar-refractivity contribution is 7.89. The highest BCUT2D eigenvalue weighted by Gasteiger charge is 2.29. The van der Waals surface area contributed by atoms with E-state index in [1.807, 2.05) is 6.07 Å². The number of sulfonamides is 1. The summed E-state index contributed by atoms with van der Waals surface area (Å²) in [6, 6.07) is 8.06. The summed E-state index contributed by atoms with van der Waals surface area (Å²) in [6.07, 6.45) is 1.71. The number of benzene rings is 1. The molecule has 1 aliphatic rings. The van der Waals surface area contributed by atoms with Crippen LogP contribution in [0.4, 0.5) is 5.69 Å². The molecule has 1 saturated heterocycles. The molecule has 0 spiro atoms. The van der Waals surface area contributed by atoms with Crippen LogP contribution in [0.5, 0.6) is 5.88 Å². The van der Waals surface area contributed by atoms with Crippen molar-refractivity contribution in [1.82, 2.24) is 14.3 Å². The van der Waals surface area contributed by atoms with E-state index in [1.54, 1.807) is 19.4 Å². The van der Waals surface area contributed by atoms with Crippen LogP contribution >= 0.6 is 0 Å². The number of anilines is 1. The Balaban J connectivity index is 1.50. The molecule has 2 aromatic heterocycles. The summed E-state index contributed by atoms with van der Waals surface area (Å²) in [5.74, 6) is -0.0759. The number of nitrogens with zero attached hydrogens (tertiary/aromatic N) is 3. The van der Waals surface area contributed by atoms with E-state index in [2.05, 4.69) is 14.9 Å². The quantitative estimate of drug-likeness (QED) is 0.709. The Labute approximate surface area is 155 Å². The lowest BCUT2D eigenvalue weighted by molar-refractivity contribution is 0.383. The highest BCUT2D eigenvalue weighted by Crippen LogP contribution is 2.23. The highest BCUT2D eigenvalue weighted by atomic mass is 32.2. The first-order chi connectivity index (χ1) is 13.0. The van der Waals surface area contributed by atoms with E-state index in [0.29, 0.717) is 37.6 Å². The van der Waals surface area contributed by atoms with E-state index in [-0.39, 0.29) is 10.5 Å². The van der Waals surface area contributed by atoms with E-state index < -0.39 is 15.8 Å². The Morgan fingerprint density at radius 1 is 1.15 bits per heavy atom. The predicted molar refractivity (Wildman–Crippen MR) is 98.6 cm³/mol. The number of aromatic amines is 1. The van der Waals surface area contributed by atoms with Crippen molar-refractivity contribution in [2.75, 3.05) is 38.2 Å². The first-order valence-electron chi connectivity index (χ1n) is 8.35. The molecule has 0 unspecified atom stereocenters. The molecule has 27 heavy (non-hydrogen) atoms. The van der Waals surface area contributed by atoms with Gasteiger partial charge >= 0.3 is 5.76 Å². The molecule has 1 aliphatic heterocycles. The lowest BCUT2D eigenvalue weighted by Gasteiger charge is -2.35. The van der Waals surface area contributed by atoms with Gasteiger partial charge in [0.1, 0.15) is 0 Å². The normalized spacial score (nSPS) is 16.0. The summed E-state index contributed by atoms with van der Waals surface area (Å²) in [4.78, 5) is 20.1. The molecule has 3 heterocycles. The third-order valence-corrected chi connectivity index (χ3v) is 6.46. The smallest absolute Gasteiger partial charge is 0.417 e. The maximum atomic E-state index is 12.9. The van der Waals surface area contributed by atoms with Crippen molar-refractivity contribution in [2.45, 2.75) is 4.90 Å². The van der Waals surface area contributed by atoms with Gasteiger partial charge in [-0.25, -0.2) is 18.2 Å². The van der Waals surface area contributed by atoms with Gasteiger partial charge < -0.3 is 14.1 Å². The van der Waals surface area contributed by atoms with Crippen LogP contribution in [0.2, 0.25) is 0 Å². The topological polar surface area (TPSA) is 109 Å². The second-order valence-electron chi connectivity index (χ2n) is 6.12. The van der Waals surface area contributed by atoms with Crippen molar-refractivity contribution in [3.63, 3.8) is 0 Å². The molecule has 4 rings (SSSR count). The molecule has 0 radical (unpaired) electrons. The number of nitrogens with one attached hydrogen (secondary N) is 1. The molecule has 0 amide bonds. The number of H-pyrrole nitrogens is 1. The first-order valence-corrected chi connectivity index (χ1v) is 9.79. The number of aromatic nitrogens is 2. The first kappa shape index (κ1) is 17.6. The fourth-order valence-corrected chi connectivity index (χ4v) is 4.54. The van der Waals surface area contributed by atoms with Crippen molar-refractivity contribution in [2.24, 2.45) is 0 Å². The fraction of sp³-hybridized carbons (Fsp3) is 0.294. The third-order valence-electron chi connectivity index (χ3n) is 4.56. The van der Waals surface area contributed by atoms with Gasteiger partial charge in [-0.05, 0) is 18.2 Å². The Bertz CT molecular complexity index is 1110. The number of fused-ring (bicyclic) bond motifs is 1. The van der Waals surface area contributed by atoms with E-state index in [4.69, 9.17) is 9.15 Å². The fourth-order valence-electron chi connectivity index (χ4n) is 3.10. The number of ether oxygens (including phenoxy) is 1. The molecule has 142 valence electrons. The minimum absolute atomic E-state index is 0.109. The number of hydrogen-bond acceptors (Lipinski definition) is 7. The lowest BCUT2D eigenvalue weighted by atomic mass is 10.3. The SMILES string of the molecule is COc1ccc(N2CCN(S(=O)(=O)c3ccc4[nH]c(=O)oc4c3)CC2)cn1. The number of pyridine rings is 1. The van der Waals surface area contributed by atoms with Crippen LogP contribution in [-0.4, -0.2) is 56.0 Å². The van der Waals surface area contributed by atoms with Crippen LogP contribution in [0, 0.1) is 0 Å². The molecule has 3 aromatic rings. The second-order valence-corrected chi connectivity index (χ2v) is 8.06. The van der Waals surface area contributed by atoms with Gasteiger partial charge in [0.25, 0.3) is 0 Å². The van der Waals surface area contributed by atoms with Crippen LogP contribution in [0.15, 0.2) is 50.6 Å². The Hall–Kier alpha value is -2.85. The van der Waals surface area contributed by atoms with Crippen LogP contribution in [0.25, 0.3) is 11.1 Å². The minimum atomic E-state index is -3.67. The molecule has 1 fully saturated rings. The lowest BCUT2D eigenvalue weighted by Crippen LogP contribution is -2.48. The van der Waals surface area contributed by atoms with Gasteiger partial charge in [-0.2, -0.15) is 4.31 Å². The zero-order valence-electron chi connectivity index (χ0n) is 14.6. The summed E-state index contributed by atoms with van der Waals surface area (Å²) in [6.45, 7) is 1.80. The van der Waals surface area contributed by atoms with Crippen molar-refractivity contribution in [3.05, 3.63) is 47.1 Å². The second kappa shape index (κ2) is 6.71. The van der Waals surface area contributed by atoms with Crippen molar-refractivity contribution in [3.8, 4) is 5.88 Å². The number of hydrogen-bond donors (Lipinski definition) is 1.